The first-order valence-electron chi connectivity index (χ1n) is 8.25. The molecule has 0 spiro atoms. The smallest absolute Gasteiger partial charge is 0.415 e. The summed E-state index contributed by atoms with van der Waals surface area (Å²) in [6, 6.07) is 0. The molecule has 0 bridgehead atoms. The van der Waals surface area contributed by atoms with Gasteiger partial charge in [0.05, 0.1) is 18.9 Å². The molecule has 0 aliphatic heterocycles. The molecule has 0 rings (SSSR count). The van der Waals surface area contributed by atoms with Crippen molar-refractivity contribution in [1.82, 2.24) is 15.3 Å². The van der Waals surface area contributed by atoms with E-state index in [1.165, 1.54) is 26.6 Å². The Morgan fingerprint density at radius 1 is 1.27 bits per heavy atom. The summed E-state index contributed by atoms with van der Waals surface area (Å²) in [6.07, 6.45) is 0.702. The molecule has 0 unspecified atom stereocenters. The number of amides is 4. The van der Waals surface area contributed by atoms with Crippen LogP contribution in [0, 0.1) is 11.8 Å². The zero-order chi connectivity index (χ0) is 20.3. The summed E-state index contributed by atoms with van der Waals surface area (Å²) in [6.45, 7) is 2.07. The Morgan fingerprint density at radius 3 is 2.35 bits per heavy atom. The van der Waals surface area contributed by atoms with Gasteiger partial charge in [0.1, 0.15) is 0 Å². The molecule has 2 N–H and O–H groups in total. The second-order valence-electron chi connectivity index (χ2n) is 5.74. The van der Waals surface area contributed by atoms with Gasteiger partial charge in [0.15, 0.2) is 0 Å². The van der Waals surface area contributed by atoms with Crippen LogP contribution in [0.1, 0.15) is 32.6 Å². The molecule has 0 aromatic rings. The minimum Gasteiger partial charge on any atom is -0.452 e. The van der Waals surface area contributed by atoms with Crippen LogP contribution in [0.5, 0.6) is 0 Å². The first-order valence-corrected chi connectivity index (χ1v) is 8.72. The number of carbonyl (C=O) groups is 4. The van der Waals surface area contributed by atoms with Crippen LogP contribution < -0.4 is 5.32 Å². The number of methoxy groups -OCH3 is 1. The highest BCUT2D eigenvalue weighted by molar-refractivity contribution is 7.79. The van der Waals surface area contributed by atoms with Gasteiger partial charge in [-0.05, 0) is 18.2 Å². The molecule has 26 heavy (non-hydrogen) atoms. The number of nitrogens with zero attached hydrogens (tertiary/aromatic N) is 2. The maximum atomic E-state index is 12.4. The second kappa shape index (κ2) is 12.3. The van der Waals surface area contributed by atoms with Crippen molar-refractivity contribution in [3.05, 3.63) is 0 Å². The third-order valence-corrected chi connectivity index (χ3v) is 4.10. The van der Waals surface area contributed by atoms with E-state index in [0.717, 1.165) is 4.90 Å². The van der Waals surface area contributed by atoms with Crippen molar-refractivity contribution >= 4 is 41.4 Å². The van der Waals surface area contributed by atoms with Crippen LogP contribution in [-0.2, 0) is 19.1 Å². The summed E-state index contributed by atoms with van der Waals surface area (Å²) in [4.78, 5) is 48.2. The van der Waals surface area contributed by atoms with E-state index in [4.69, 9.17) is 12.2 Å². The first kappa shape index (κ1) is 23.9. The van der Waals surface area contributed by atoms with Crippen molar-refractivity contribution in [3.63, 3.8) is 0 Å². The van der Waals surface area contributed by atoms with Gasteiger partial charge >= 0.3 is 6.09 Å². The fourth-order valence-electron chi connectivity index (χ4n) is 2.31. The normalized spacial score (nSPS) is 12.5. The minimum absolute atomic E-state index is 0.0548. The van der Waals surface area contributed by atoms with E-state index in [1.807, 2.05) is 6.92 Å². The Morgan fingerprint density at radius 2 is 1.88 bits per heavy atom. The van der Waals surface area contributed by atoms with Crippen LogP contribution in [0.2, 0.25) is 0 Å². The summed E-state index contributed by atoms with van der Waals surface area (Å²) >= 11 is 4.86. The molecular weight excluding hydrogens is 362 g/mol. The molecule has 0 heterocycles. The van der Waals surface area contributed by atoms with E-state index in [0.29, 0.717) is 24.3 Å². The van der Waals surface area contributed by atoms with E-state index in [-0.39, 0.29) is 18.9 Å². The van der Waals surface area contributed by atoms with Gasteiger partial charge in [-0.2, -0.15) is 0 Å². The van der Waals surface area contributed by atoms with Crippen molar-refractivity contribution in [2.24, 2.45) is 11.8 Å². The number of imide groups is 1. The lowest BCUT2D eigenvalue weighted by atomic mass is 9.88. The van der Waals surface area contributed by atoms with Crippen molar-refractivity contribution in [1.29, 1.82) is 0 Å². The van der Waals surface area contributed by atoms with Gasteiger partial charge in [-0.15, -0.1) is 0 Å². The highest BCUT2D eigenvalue weighted by Crippen LogP contribution is 2.19. The zero-order valence-corrected chi connectivity index (χ0v) is 16.4. The van der Waals surface area contributed by atoms with E-state index in [1.54, 1.807) is 0 Å². The molecule has 0 saturated carbocycles. The summed E-state index contributed by atoms with van der Waals surface area (Å²) < 4.78 is 4.44. The van der Waals surface area contributed by atoms with E-state index in [9.17, 15) is 24.4 Å². The van der Waals surface area contributed by atoms with Gasteiger partial charge in [0.2, 0.25) is 11.8 Å². The molecule has 0 aromatic carbocycles. The molecule has 9 nitrogen and oxygen atoms in total. The first-order chi connectivity index (χ1) is 12.2. The third-order valence-electron chi connectivity index (χ3n) is 3.81. The fraction of sp³-hybridized carbons (Fsp3) is 0.688. The van der Waals surface area contributed by atoms with E-state index < -0.39 is 29.7 Å². The predicted molar refractivity (Wildman–Crippen MR) is 97.5 cm³/mol. The number of nitrogens with one attached hydrogen (secondary N) is 1. The Balaban J connectivity index is 4.64. The van der Waals surface area contributed by atoms with Crippen molar-refractivity contribution < 1.29 is 29.1 Å². The lowest BCUT2D eigenvalue weighted by molar-refractivity contribution is -0.164. The van der Waals surface area contributed by atoms with E-state index >= 15 is 0 Å². The quantitative estimate of drug-likeness (QED) is 0.248. The molecule has 2 atom stereocenters. The standard InChI is InChI=1S/C16H27N3O6S/c1-5-7-11(12(10-26)15(22)19(3)24)14(21)17-9-6-8-13(20)18(2)16(23)25-4/h10-12,24H,5-9H2,1-4H3,(H,17,21)/t11-,12+/m1/s1. The van der Waals surface area contributed by atoms with E-state index in [2.05, 4.69) is 10.1 Å². The molecule has 0 radical (unpaired) electrons. The van der Waals surface area contributed by atoms with Crippen molar-refractivity contribution in [2.75, 3.05) is 27.7 Å². The molecule has 10 heteroatoms. The highest BCUT2D eigenvalue weighted by atomic mass is 32.1. The van der Waals surface area contributed by atoms with Crippen LogP contribution in [0.4, 0.5) is 4.79 Å². The Labute approximate surface area is 158 Å². The van der Waals surface area contributed by atoms with Crippen LogP contribution in [0.25, 0.3) is 0 Å². The number of ether oxygens (including phenoxy) is 1. The Hall–Kier alpha value is -2.07. The van der Waals surface area contributed by atoms with Gasteiger partial charge in [-0.1, -0.05) is 25.6 Å². The lowest BCUT2D eigenvalue weighted by Crippen LogP contribution is -2.43. The third kappa shape index (κ3) is 7.44. The molecule has 148 valence electrons. The van der Waals surface area contributed by atoms with Gasteiger partial charge in [0.25, 0.3) is 5.91 Å². The number of hydroxylamine groups is 2. The van der Waals surface area contributed by atoms with Crippen LogP contribution >= 0.6 is 12.2 Å². The summed E-state index contributed by atoms with van der Waals surface area (Å²) in [5, 5.41) is 13.6. The van der Waals surface area contributed by atoms with Crippen molar-refractivity contribution in [3.8, 4) is 0 Å². The fourth-order valence-corrected chi connectivity index (χ4v) is 2.62. The molecule has 0 aromatic heterocycles. The SMILES string of the molecule is CCC[C@@H](C(=O)NCCCC(=O)N(C)C(=O)OC)[C@H](C=S)C(=O)N(C)O. The van der Waals surface area contributed by atoms with Gasteiger partial charge in [-0.25, -0.2) is 9.86 Å². The molecule has 0 fully saturated rings. The monoisotopic (exact) mass is 389 g/mol. The summed E-state index contributed by atoms with van der Waals surface area (Å²) in [5.41, 5.74) is 0. The molecule has 0 aliphatic carbocycles. The Bertz CT molecular complexity index is 526. The minimum atomic E-state index is -0.910. The van der Waals surface area contributed by atoms with Gasteiger partial charge in [-0.3, -0.25) is 24.5 Å². The molecule has 4 amide bonds. The molecule has 0 aliphatic rings. The number of carbonyl (C=O) groups excluding carboxylic acids is 4. The lowest BCUT2D eigenvalue weighted by Gasteiger charge is -2.24. The highest BCUT2D eigenvalue weighted by Gasteiger charge is 2.33. The van der Waals surface area contributed by atoms with Crippen LogP contribution in [0.15, 0.2) is 0 Å². The van der Waals surface area contributed by atoms with Crippen molar-refractivity contribution in [2.45, 2.75) is 32.6 Å². The second-order valence-corrected chi connectivity index (χ2v) is 6.01. The van der Waals surface area contributed by atoms with Crippen LogP contribution in [-0.4, -0.2) is 72.1 Å². The van der Waals surface area contributed by atoms with Gasteiger partial charge < -0.3 is 10.1 Å². The number of hydrogen-bond acceptors (Lipinski definition) is 7. The summed E-state index contributed by atoms with van der Waals surface area (Å²) in [7, 11) is 3.67. The topological polar surface area (TPSA) is 116 Å². The average molecular weight is 389 g/mol. The maximum absolute atomic E-state index is 12.4. The van der Waals surface area contributed by atoms with Gasteiger partial charge in [0, 0.05) is 27.1 Å². The number of hydrogen-bond donors (Lipinski definition) is 2. The molecule has 0 saturated heterocycles. The predicted octanol–water partition coefficient (Wildman–Crippen LogP) is 0.987. The average Bonchev–Trinajstić information content (AvgIpc) is 2.62. The molecular formula is C16H27N3O6S. The largest absolute Gasteiger partial charge is 0.452 e. The number of thiocarbonyl (C=S) groups is 1. The maximum Gasteiger partial charge on any atom is 0.415 e. The summed E-state index contributed by atoms with van der Waals surface area (Å²) in [5.74, 6) is -3.06. The number of rotatable bonds is 10. The zero-order valence-electron chi connectivity index (χ0n) is 15.6. The Kier molecular flexibility index (Phi) is 11.3. The van der Waals surface area contributed by atoms with Crippen LogP contribution in [0.3, 0.4) is 0 Å².